The highest BCUT2D eigenvalue weighted by Crippen LogP contribution is 2.25. The van der Waals surface area contributed by atoms with Gasteiger partial charge in [-0.25, -0.2) is 4.79 Å². The summed E-state index contributed by atoms with van der Waals surface area (Å²) >= 11 is 1.17. The van der Waals surface area contributed by atoms with Crippen molar-refractivity contribution >= 4 is 29.3 Å². The Balaban J connectivity index is 2.73. The van der Waals surface area contributed by atoms with Gasteiger partial charge in [0.1, 0.15) is 0 Å². The molecule has 0 saturated heterocycles. The summed E-state index contributed by atoms with van der Waals surface area (Å²) in [5.41, 5.74) is -1.55. The number of nitrogens with one attached hydrogen (secondary N) is 1. The minimum absolute atomic E-state index is 0.0370. The number of hydrogen-bond donors (Lipinski definition) is 2. The number of non-ortho nitro benzene ring substituents is 1. The van der Waals surface area contributed by atoms with E-state index in [1.165, 1.54) is 50.1 Å². The predicted molar refractivity (Wildman–Crippen MR) is 84.5 cm³/mol. The average molecular weight is 342 g/mol. The number of nitro benzene ring substituents is 1. The fourth-order valence-electron chi connectivity index (χ4n) is 1.72. The van der Waals surface area contributed by atoms with Crippen molar-refractivity contribution in [1.82, 2.24) is 5.32 Å². The highest BCUT2D eigenvalue weighted by Gasteiger charge is 2.36. The Hall–Kier alpha value is -2.13. The molecule has 0 aliphatic rings. The molecule has 0 bridgehead atoms. The van der Waals surface area contributed by atoms with Crippen LogP contribution in [-0.2, 0) is 14.3 Å². The summed E-state index contributed by atoms with van der Waals surface area (Å²) in [6.07, 6.45) is 0. The summed E-state index contributed by atoms with van der Waals surface area (Å²) in [7, 11) is 1.35. The number of carbonyl (C=O) groups is 2. The van der Waals surface area contributed by atoms with Gasteiger partial charge in [-0.05, 0) is 26.0 Å². The van der Waals surface area contributed by atoms with Crippen molar-refractivity contribution in [2.24, 2.45) is 0 Å². The van der Waals surface area contributed by atoms with Crippen LogP contribution in [0.15, 0.2) is 29.2 Å². The highest BCUT2D eigenvalue weighted by atomic mass is 32.2. The number of carboxylic acid groups (broad SMARTS) is 1. The summed E-state index contributed by atoms with van der Waals surface area (Å²) in [6, 6.07) is 5.77. The smallest absolute Gasteiger partial charge is 0.331 e. The fraction of sp³-hybridized carbons (Fsp3) is 0.429. The molecule has 0 spiro atoms. The van der Waals surface area contributed by atoms with Crippen molar-refractivity contribution in [1.29, 1.82) is 0 Å². The number of ether oxygens (including phenoxy) is 1. The van der Waals surface area contributed by atoms with Crippen LogP contribution in [0.25, 0.3) is 0 Å². The number of carbonyl (C=O) groups excluding carboxylic acids is 1. The molecule has 126 valence electrons. The minimum Gasteiger partial charge on any atom is -0.479 e. The van der Waals surface area contributed by atoms with Crippen LogP contribution < -0.4 is 5.32 Å². The molecule has 8 nitrogen and oxygen atoms in total. The van der Waals surface area contributed by atoms with Gasteiger partial charge < -0.3 is 15.2 Å². The Kier molecular flexibility index (Phi) is 6.52. The van der Waals surface area contributed by atoms with Gasteiger partial charge in [0.25, 0.3) is 5.69 Å². The molecule has 1 aromatic carbocycles. The lowest BCUT2D eigenvalue weighted by molar-refractivity contribution is -0.384. The minimum atomic E-state index is -1.52. The van der Waals surface area contributed by atoms with Crippen molar-refractivity contribution in [3.05, 3.63) is 34.4 Å². The van der Waals surface area contributed by atoms with Gasteiger partial charge in [-0.15, -0.1) is 11.8 Å². The molecule has 0 aromatic heterocycles. The van der Waals surface area contributed by atoms with Crippen LogP contribution >= 0.6 is 11.8 Å². The van der Waals surface area contributed by atoms with Crippen molar-refractivity contribution in [3.63, 3.8) is 0 Å². The zero-order valence-electron chi connectivity index (χ0n) is 12.9. The van der Waals surface area contributed by atoms with Gasteiger partial charge in [0, 0.05) is 24.1 Å². The van der Waals surface area contributed by atoms with E-state index in [-0.39, 0.29) is 12.3 Å². The zero-order chi connectivity index (χ0) is 17.6. The first kappa shape index (κ1) is 18.9. The van der Waals surface area contributed by atoms with E-state index in [0.717, 1.165) is 0 Å². The third-order valence-electron chi connectivity index (χ3n) is 3.03. The third kappa shape index (κ3) is 5.22. The molecule has 0 saturated carbocycles. The van der Waals surface area contributed by atoms with Gasteiger partial charge in [0.05, 0.1) is 16.8 Å². The summed E-state index contributed by atoms with van der Waals surface area (Å²) in [4.78, 5) is 34.2. The van der Waals surface area contributed by atoms with Crippen LogP contribution in [0, 0.1) is 10.1 Å². The normalized spacial score (nSPS) is 14.6. The van der Waals surface area contributed by atoms with E-state index in [1.54, 1.807) is 6.92 Å². The first-order valence-electron chi connectivity index (χ1n) is 6.65. The maximum atomic E-state index is 12.2. The van der Waals surface area contributed by atoms with Crippen molar-refractivity contribution in [3.8, 4) is 0 Å². The van der Waals surface area contributed by atoms with E-state index in [2.05, 4.69) is 5.32 Å². The van der Waals surface area contributed by atoms with Crippen LogP contribution in [0.2, 0.25) is 0 Å². The molecule has 0 aliphatic heterocycles. The van der Waals surface area contributed by atoms with Gasteiger partial charge in [-0.2, -0.15) is 0 Å². The summed E-state index contributed by atoms with van der Waals surface area (Å²) in [6.45, 7) is 2.82. The number of benzene rings is 1. The maximum Gasteiger partial charge on any atom is 0.331 e. The van der Waals surface area contributed by atoms with E-state index in [4.69, 9.17) is 4.74 Å². The van der Waals surface area contributed by atoms with Crippen LogP contribution in [0.3, 0.4) is 0 Å². The summed E-state index contributed by atoms with van der Waals surface area (Å²) in [5.74, 6) is -1.66. The number of rotatable bonds is 8. The number of carboxylic acids is 1. The van der Waals surface area contributed by atoms with Gasteiger partial charge in [-0.3, -0.25) is 14.9 Å². The van der Waals surface area contributed by atoms with Gasteiger partial charge in [0.2, 0.25) is 5.91 Å². The summed E-state index contributed by atoms with van der Waals surface area (Å²) < 4.78 is 4.84. The number of hydrogen-bond acceptors (Lipinski definition) is 6. The number of nitro groups is 1. The lowest BCUT2D eigenvalue weighted by Gasteiger charge is -2.26. The zero-order valence-corrected chi connectivity index (χ0v) is 13.8. The Morgan fingerprint density at radius 2 is 2.00 bits per heavy atom. The second-order valence-corrected chi connectivity index (χ2v) is 6.48. The second kappa shape index (κ2) is 7.93. The molecular weight excluding hydrogens is 324 g/mol. The Labute approximate surface area is 137 Å². The molecule has 2 atom stereocenters. The molecule has 1 amide bonds. The van der Waals surface area contributed by atoms with Crippen LogP contribution in [-0.4, -0.2) is 46.4 Å². The standard InChI is InChI=1S/C14H18N2O6S/c1-9(12(17)15-14(2,8-22-3)13(18)19)23-11-6-4-10(5-7-11)16(20)21/h4-7,9H,8H2,1-3H3,(H,15,17)(H,18,19). The van der Waals surface area contributed by atoms with Crippen LogP contribution in [0.5, 0.6) is 0 Å². The predicted octanol–water partition coefficient (Wildman–Crippen LogP) is 1.68. The highest BCUT2D eigenvalue weighted by molar-refractivity contribution is 8.00. The van der Waals surface area contributed by atoms with Gasteiger partial charge in [-0.1, -0.05) is 0 Å². The summed E-state index contributed by atoms with van der Waals surface area (Å²) in [5, 5.41) is 21.7. The van der Waals surface area contributed by atoms with Gasteiger partial charge >= 0.3 is 5.97 Å². The molecule has 2 N–H and O–H groups in total. The number of nitrogens with zero attached hydrogens (tertiary/aromatic N) is 1. The van der Waals surface area contributed by atoms with Crippen molar-refractivity contribution < 1.29 is 24.4 Å². The van der Waals surface area contributed by atoms with Crippen molar-refractivity contribution in [2.75, 3.05) is 13.7 Å². The Morgan fingerprint density at radius 3 is 2.43 bits per heavy atom. The molecule has 0 radical (unpaired) electrons. The molecular formula is C14H18N2O6S. The van der Waals surface area contributed by atoms with E-state index in [0.29, 0.717) is 4.90 Å². The molecule has 23 heavy (non-hydrogen) atoms. The maximum absolute atomic E-state index is 12.2. The van der Waals surface area contributed by atoms with Crippen LogP contribution in [0.4, 0.5) is 5.69 Å². The second-order valence-electron chi connectivity index (χ2n) is 5.07. The number of amides is 1. The van der Waals surface area contributed by atoms with E-state index >= 15 is 0 Å². The number of methoxy groups -OCH3 is 1. The molecule has 1 aromatic rings. The largest absolute Gasteiger partial charge is 0.479 e. The number of thioether (sulfide) groups is 1. The van der Waals surface area contributed by atoms with Gasteiger partial charge in [0.15, 0.2) is 5.54 Å². The lowest BCUT2D eigenvalue weighted by atomic mass is 10.0. The lowest BCUT2D eigenvalue weighted by Crippen LogP contribution is -2.56. The molecule has 0 fully saturated rings. The quantitative estimate of drug-likeness (QED) is 0.419. The van der Waals surface area contributed by atoms with E-state index < -0.39 is 27.6 Å². The topological polar surface area (TPSA) is 119 Å². The Bertz CT molecular complexity index is 591. The van der Waals surface area contributed by atoms with E-state index in [9.17, 15) is 24.8 Å². The first-order chi connectivity index (χ1) is 10.7. The average Bonchev–Trinajstić information content (AvgIpc) is 2.47. The molecule has 9 heteroatoms. The third-order valence-corrected chi connectivity index (χ3v) is 4.15. The molecule has 0 aliphatic carbocycles. The Morgan fingerprint density at radius 1 is 1.43 bits per heavy atom. The van der Waals surface area contributed by atoms with Crippen LogP contribution in [0.1, 0.15) is 13.8 Å². The molecule has 1 rings (SSSR count). The monoisotopic (exact) mass is 342 g/mol. The van der Waals surface area contributed by atoms with E-state index in [1.807, 2.05) is 0 Å². The number of aliphatic carboxylic acids is 1. The SMILES string of the molecule is COCC(C)(NC(=O)C(C)Sc1ccc([N+](=O)[O-])cc1)C(=O)O. The molecule has 0 heterocycles. The van der Waals surface area contributed by atoms with Crippen molar-refractivity contribution in [2.45, 2.75) is 29.5 Å². The fourth-order valence-corrected chi connectivity index (χ4v) is 2.59. The molecule has 2 unspecified atom stereocenters. The first-order valence-corrected chi connectivity index (χ1v) is 7.53.